The molecule has 1 amide bonds. The number of halogens is 1. The Hall–Kier alpha value is -1.95. The standard InChI is InChI=1S/C21H35N5O4.HI/c1-6-22-21(23-7-8-25-9-11-26(12-10-25)16(2)27)24-15-17-13-18(28-3)20(30-5)19(14-17)29-4;/h13-14H,6-12,15H2,1-5H3,(H2,22,23,24);1H. The molecule has 1 aliphatic rings. The molecule has 176 valence electrons. The van der Waals surface area contributed by atoms with E-state index in [1.165, 1.54) is 0 Å². The number of guanidine groups is 1. The van der Waals surface area contributed by atoms with Crippen molar-refractivity contribution in [3.8, 4) is 17.2 Å². The molecule has 0 bridgehead atoms. The highest BCUT2D eigenvalue weighted by Crippen LogP contribution is 2.38. The molecule has 1 fully saturated rings. The summed E-state index contributed by atoms with van der Waals surface area (Å²) in [5, 5.41) is 6.65. The van der Waals surface area contributed by atoms with Gasteiger partial charge < -0.3 is 29.7 Å². The number of hydrogen-bond donors (Lipinski definition) is 2. The normalized spacial score (nSPS) is 14.5. The summed E-state index contributed by atoms with van der Waals surface area (Å²) in [6.45, 7) is 10.0. The first-order chi connectivity index (χ1) is 14.5. The summed E-state index contributed by atoms with van der Waals surface area (Å²) in [6, 6.07) is 3.81. The third kappa shape index (κ3) is 8.24. The van der Waals surface area contributed by atoms with Gasteiger partial charge in [-0.25, -0.2) is 4.99 Å². The van der Waals surface area contributed by atoms with Crippen molar-refractivity contribution < 1.29 is 19.0 Å². The number of nitrogens with zero attached hydrogens (tertiary/aromatic N) is 3. The lowest BCUT2D eigenvalue weighted by atomic mass is 10.2. The lowest BCUT2D eigenvalue weighted by Crippen LogP contribution is -2.50. The van der Waals surface area contributed by atoms with Gasteiger partial charge in [0.15, 0.2) is 17.5 Å². The van der Waals surface area contributed by atoms with Crippen LogP contribution in [0.25, 0.3) is 0 Å². The number of amides is 1. The maximum absolute atomic E-state index is 11.4. The Bertz CT molecular complexity index is 699. The Morgan fingerprint density at radius 3 is 2.13 bits per heavy atom. The van der Waals surface area contributed by atoms with Crippen LogP contribution in [0.15, 0.2) is 17.1 Å². The van der Waals surface area contributed by atoms with E-state index < -0.39 is 0 Å². The van der Waals surface area contributed by atoms with Gasteiger partial charge >= 0.3 is 0 Å². The Labute approximate surface area is 202 Å². The van der Waals surface area contributed by atoms with Gasteiger partial charge in [-0.1, -0.05) is 0 Å². The molecule has 10 heteroatoms. The van der Waals surface area contributed by atoms with Gasteiger partial charge in [0, 0.05) is 52.7 Å². The van der Waals surface area contributed by atoms with E-state index in [0.29, 0.717) is 23.8 Å². The van der Waals surface area contributed by atoms with Crippen LogP contribution in [-0.2, 0) is 11.3 Å². The molecule has 1 heterocycles. The second kappa shape index (κ2) is 14.2. The van der Waals surface area contributed by atoms with Crippen LogP contribution in [0.2, 0.25) is 0 Å². The van der Waals surface area contributed by atoms with Crippen molar-refractivity contribution in [2.45, 2.75) is 20.4 Å². The average Bonchev–Trinajstić information content (AvgIpc) is 2.76. The summed E-state index contributed by atoms with van der Waals surface area (Å²) in [6.07, 6.45) is 0. The number of benzene rings is 1. The number of aliphatic imine (C=N–C) groups is 1. The number of rotatable bonds is 9. The highest BCUT2D eigenvalue weighted by atomic mass is 127. The molecule has 31 heavy (non-hydrogen) atoms. The molecular formula is C21H36IN5O4. The van der Waals surface area contributed by atoms with Gasteiger partial charge in [0.2, 0.25) is 11.7 Å². The Kier molecular flexibility index (Phi) is 12.4. The molecule has 0 aromatic heterocycles. The van der Waals surface area contributed by atoms with Gasteiger partial charge in [0.1, 0.15) is 0 Å². The molecule has 0 aliphatic carbocycles. The van der Waals surface area contributed by atoms with E-state index in [0.717, 1.165) is 57.3 Å². The van der Waals surface area contributed by atoms with Crippen molar-refractivity contribution in [3.05, 3.63) is 17.7 Å². The van der Waals surface area contributed by atoms with Crippen LogP contribution in [0.1, 0.15) is 19.4 Å². The first-order valence-corrected chi connectivity index (χ1v) is 10.3. The second-order valence-corrected chi connectivity index (χ2v) is 7.00. The summed E-state index contributed by atoms with van der Waals surface area (Å²) in [5.74, 6) is 2.71. The minimum atomic E-state index is 0. The molecule has 1 saturated heterocycles. The Morgan fingerprint density at radius 1 is 1.03 bits per heavy atom. The van der Waals surface area contributed by atoms with E-state index in [1.807, 2.05) is 24.0 Å². The van der Waals surface area contributed by atoms with E-state index in [9.17, 15) is 4.79 Å². The summed E-state index contributed by atoms with van der Waals surface area (Å²) in [7, 11) is 4.80. The maximum Gasteiger partial charge on any atom is 0.219 e. The van der Waals surface area contributed by atoms with Gasteiger partial charge in [0.05, 0.1) is 27.9 Å². The highest BCUT2D eigenvalue weighted by molar-refractivity contribution is 14.0. The van der Waals surface area contributed by atoms with E-state index >= 15 is 0 Å². The van der Waals surface area contributed by atoms with Crippen LogP contribution < -0.4 is 24.8 Å². The third-order valence-electron chi connectivity index (χ3n) is 5.03. The molecule has 0 spiro atoms. The number of methoxy groups -OCH3 is 3. The number of carbonyl (C=O) groups is 1. The molecule has 2 N–H and O–H groups in total. The molecule has 0 radical (unpaired) electrons. The number of piperazine rings is 1. The molecule has 1 aliphatic heterocycles. The number of nitrogens with one attached hydrogen (secondary N) is 2. The minimum Gasteiger partial charge on any atom is -0.493 e. The second-order valence-electron chi connectivity index (χ2n) is 7.00. The molecule has 0 atom stereocenters. The maximum atomic E-state index is 11.4. The van der Waals surface area contributed by atoms with Crippen molar-refractivity contribution in [3.63, 3.8) is 0 Å². The predicted molar refractivity (Wildman–Crippen MR) is 133 cm³/mol. The van der Waals surface area contributed by atoms with Crippen molar-refractivity contribution in [2.75, 3.05) is 67.1 Å². The van der Waals surface area contributed by atoms with Gasteiger partial charge in [0.25, 0.3) is 0 Å². The predicted octanol–water partition coefficient (Wildman–Crippen LogP) is 1.55. The van der Waals surface area contributed by atoms with Gasteiger partial charge in [-0.15, -0.1) is 24.0 Å². The highest BCUT2D eigenvalue weighted by Gasteiger charge is 2.18. The van der Waals surface area contributed by atoms with Crippen LogP contribution in [0.3, 0.4) is 0 Å². The first-order valence-electron chi connectivity index (χ1n) is 10.3. The van der Waals surface area contributed by atoms with Crippen molar-refractivity contribution in [1.82, 2.24) is 20.4 Å². The smallest absolute Gasteiger partial charge is 0.219 e. The number of hydrogen-bond acceptors (Lipinski definition) is 6. The molecule has 1 aromatic rings. The Morgan fingerprint density at radius 2 is 1.65 bits per heavy atom. The number of carbonyl (C=O) groups excluding carboxylic acids is 1. The summed E-state index contributed by atoms with van der Waals surface area (Å²) in [5.41, 5.74) is 0.960. The molecule has 0 saturated carbocycles. The topological polar surface area (TPSA) is 87.7 Å². The fourth-order valence-electron chi connectivity index (χ4n) is 3.36. The quantitative estimate of drug-likeness (QED) is 0.275. The Balaban J connectivity index is 0.00000480. The zero-order chi connectivity index (χ0) is 21.9. The molecule has 0 unspecified atom stereocenters. The summed E-state index contributed by atoms with van der Waals surface area (Å²) in [4.78, 5) is 20.4. The number of ether oxygens (including phenoxy) is 3. The molecule has 9 nitrogen and oxygen atoms in total. The van der Waals surface area contributed by atoms with Crippen molar-refractivity contribution >= 4 is 35.8 Å². The zero-order valence-electron chi connectivity index (χ0n) is 19.2. The third-order valence-corrected chi connectivity index (χ3v) is 5.03. The fourth-order valence-corrected chi connectivity index (χ4v) is 3.36. The molecular weight excluding hydrogens is 513 g/mol. The van der Waals surface area contributed by atoms with E-state index in [2.05, 4.69) is 20.5 Å². The SMILES string of the molecule is CCNC(=NCc1cc(OC)c(OC)c(OC)c1)NCCN1CCN(C(C)=O)CC1.I. The van der Waals surface area contributed by atoms with Crippen molar-refractivity contribution in [1.29, 1.82) is 0 Å². The van der Waals surface area contributed by atoms with Crippen molar-refractivity contribution in [2.24, 2.45) is 4.99 Å². The lowest BCUT2D eigenvalue weighted by Gasteiger charge is -2.34. The summed E-state index contributed by atoms with van der Waals surface area (Å²) < 4.78 is 16.2. The van der Waals surface area contributed by atoms with Gasteiger partial charge in [-0.3, -0.25) is 9.69 Å². The average molecular weight is 549 g/mol. The van der Waals surface area contributed by atoms with E-state index in [4.69, 9.17) is 14.2 Å². The minimum absolute atomic E-state index is 0. The molecule has 1 aromatic carbocycles. The fraction of sp³-hybridized carbons (Fsp3) is 0.619. The van der Waals surface area contributed by atoms with Gasteiger partial charge in [-0.05, 0) is 24.6 Å². The van der Waals surface area contributed by atoms with Crippen LogP contribution in [0, 0.1) is 0 Å². The van der Waals surface area contributed by atoms with Crippen LogP contribution in [0.4, 0.5) is 0 Å². The van der Waals surface area contributed by atoms with Crippen LogP contribution >= 0.6 is 24.0 Å². The largest absolute Gasteiger partial charge is 0.493 e. The monoisotopic (exact) mass is 549 g/mol. The van der Waals surface area contributed by atoms with Crippen LogP contribution in [-0.4, -0.2) is 88.8 Å². The molecule has 2 rings (SSSR count). The van der Waals surface area contributed by atoms with Crippen LogP contribution in [0.5, 0.6) is 17.2 Å². The summed E-state index contributed by atoms with van der Waals surface area (Å²) >= 11 is 0. The van der Waals surface area contributed by atoms with E-state index in [1.54, 1.807) is 28.3 Å². The van der Waals surface area contributed by atoms with E-state index in [-0.39, 0.29) is 29.9 Å². The lowest BCUT2D eigenvalue weighted by molar-refractivity contribution is -0.130. The van der Waals surface area contributed by atoms with Gasteiger partial charge in [-0.2, -0.15) is 0 Å². The zero-order valence-corrected chi connectivity index (χ0v) is 21.5. The first kappa shape index (κ1) is 27.1.